The summed E-state index contributed by atoms with van der Waals surface area (Å²) >= 11 is 1.47. The Labute approximate surface area is 161 Å². The van der Waals surface area contributed by atoms with E-state index in [9.17, 15) is 9.59 Å². The Morgan fingerprint density at radius 2 is 1.85 bits per heavy atom. The summed E-state index contributed by atoms with van der Waals surface area (Å²) in [6.45, 7) is 0.846. The predicted octanol–water partition coefficient (Wildman–Crippen LogP) is 2.56. The first-order valence-electron chi connectivity index (χ1n) is 8.93. The molecule has 0 saturated carbocycles. The number of nitrogens with zero attached hydrogens (tertiary/aromatic N) is 5. The van der Waals surface area contributed by atoms with Gasteiger partial charge in [0.2, 0.25) is 5.91 Å². The highest BCUT2D eigenvalue weighted by Gasteiger charge is 2.31. The van der Waals surface area contributed by atoms with Crippen LogP contribution in [0.5, 0.6) is 0 Å². The number of hydrogen-bond acceptors (Lipinski definition) is 5. The van der Waals surface area contributed by atoms with Crippen molar-refractivity contribution in [3.8, 4) is 0 Å². The molecular weight excluding hydrogens is 362 g/mol. The lowest BCUT2D eigenvalue weighted by Crippen LogP contribution is -2.33. The van der Waals surface area contributed by atoms with Crippen LogP contribution in [0, 0.1) is 0 Å². The second-order valence-electron chi connectivity index (χ2n) is 6.87. The van der Waals surface area contributed by atoms with E-state index in [1.165, 1.54) is 16.1 Å². The van der Waals surface area contributed by atoms with E-state index >= 15 is 0 Å². The molecule has 8 heteroatoms. The molecule has 0 unspecified atom stereocenters. The lowest BCUT2D eigenvalue weighted by atomic mass is 10.2. The molecule has 0 spiro atoms. The van der Waals surface area contributed by atoms with Gasteiger partial charge in [-0.05, 0) is 37.1 Å². The summed E-state index contributed by atoms with van der Waals surface area (Å²) in [7, 11) is 3.49. The number of carbonyl (C=O) groups is 2. The third-order valence-electron chi connectivity index (χ3n) is 4.75. The van der Waals surface area contributed by atoms with E-state index in [2.05, 4.69) is 10.2 Å². The molecule has 7 nitrogen and oxygen atoms in total. The van der Waals surface area contributed by atoms with Gasteiger partial charge in [-0.25, -0.2) is 0 Å². The largest absolute Gasteiger partial charge is 0.344 e. The maximum absolute atomic E-state index is 12.9. The monoisotopic (exact) mass is 383 g/mol. The molecule has 3 aromatic rings. The number of hydrogen-bond donors (Lipinski definition) is 0. The number of benzene rings is 1. The van der Waals surface area contributed by atoms with Crippen molar-refractivity contribution in [1.29, 1.82) is 0 Å². The van der Waals surface area contributed by atoms with E-state index in [1.54, 1.807) is 19.0 Å². The first kappa shape index (κ1) is 17.7. The molecule has 4 rings (SSSR count). The molecule has 140 valence electrons. The minimum absolute atomic E-state index is 0.00504. The van der Waals surface area contributed by atoms with E-state index < -0.39 is 0 Å². The normalized spacial score (nSPS) is 16.8. The Morgan fingerprint density at radius 1 is 1.15 bits per heavy atom. The van der Waals surface area contributed by atoms with Crippen LogP contribution >= 0.6 is 11.3 Å². The summed E-state index contributed by atoms with van der Waals surface area (Å²) in [5, 5.41) is 8.76. The molecule has 1 atom stereocenters. The first-order chi connectivity index (χ1) is 13.0. The van der Waals surface area contributed by atoms with Crippen LogP contribution in [-0.4, -0.2) is 57.2 Å². The van der Waals surface area contributed by atoms with Crippen molar-refractivity contribution in [2.45, 2.75) is 25.4 Å². The number of aromatic nitrogens is 3. The second kappa shape index (κ2) is 7.11. The Morgan fingerprint density at radius 3 is 2.52 bits per heavy atom. The lowest BCUT2D eigenvalue weighted by Gasteiger charge is -2.23. The smallest absolute Gasteiger partial charge is 0.263 e. The SMILES string of the molecule is CN(C)C(=O)c1ccc([C@@H]2CCCN2C(=O)Cn2nc3ccccc3n2)s1. The van der Waals surface area contributed by atoms with Crippen molar-refractivity contribution in [3.05, 3.63) is 46.2 Å². The molecule has 1 saturated heterocycles. The van der Waals surface area contributed by atoms with Gasteiger partial charge in [0.15, 0.2) is 0 Å². The van der Waals surface area contributed by atoms with Gasteiger partial charge >= 0.3 is 0 Å². The third-order valence-corrected chi connectivity index (χ3v) is 5.92. The molecule has 0 bridgehead atoms. The molecule has 3 heterocycles. The van der Waals surface area contributed by atoms with Crippen LogP contribution in [0.1, 0.15) is 33.4 Å². The lowest BCUT2D eigenvalue weighted by molar-refractivity contribution is -0.133. The van der Waals surface area contributed by atoms with Gasteiger partial charge in [-0.1, -0.05) is 12.1 Å². The maximum Gasteiger partial charge on any atom is 0.263 e. The average molecular weight is 383 g/mol. The zero-order chi connectivity index (χ0) is 19.0. The molecule has 0 aliphatic carbocycles. The Hall–Kier alpha value is -2.74. The molecule has 1 aliphatic heterocycles. The van der Waals surface area contributed by atoms with E-state index in [0.29, 0.717) is 4.88 Å². The van der Waals surface area contributed by atoms with Gasteiger partial charge < -0.3 is 9.80 Å². The number of amides is 2. The van der Waals surface area contributed by atoms with Crippen molar-refractivity contribution in [1.82, 2.24) is 24.8 Å². The molecule has 1 fully saturated rings. The molecule has 27 heavy (non-hydrogen) atoms. The van der Waals surface area contributed by atoms with Crippen molar-refractivity contribution in [2.75, 3.05) is 20.6 Å². The summed E-state index contributed by atoms with van der Waals surface area (Å²) in [6.07, 6.45) is 1.87. The van der Waals surface area contributed by atoms with Gasteiger partial charge in [-0.3, -0.25) is 9.59 Å². The van der Waals surface area contributed by atoms with Gasteiger partial charge in [-0.2, -0.15) is 15.0 Å². The number of likely N-dealkylation sites (tertiary alicyclic amines) is 1. The first-order valence-corrected chi connectivity index (χ1v) is 9.75. The fourth-order valence-corrected chi connectivity index (χ4v) is 4.59. The van der Waals surface area contributed by atoms with Gasteiger partial charge in [-0.15, -0.1) is 11.3 Å². The average Bonchev–Trinajstić information content (AvgIpc) is 3.38. The molecule has 1 aromatic carbocycles. The van der Waals surface area contributed by atoms with Crippen LogP contribution < -0.4 is 0 Å². The quantitative estimate of drug-likeness (QED) is 0.694. The van der Waals surface area contributed by atoms with E-state index in [4.69, 9.17) is 0 Å². The molecule has 0 radical (unpaired) electrons. The fourth-order valence-electron chi connectivity index (χ4n) is 3.42. The molecule has 1 aliphatic rings. The number of carbonyl (C=O) groups excluding carboxylic acids is 2. The molecular formula is C19H21N5O2S. The van der Waals surface area contributed by atoms with Crippen molar-refractivity contribution >= 4 is 34.2 Å². The van der Waals surface area contributed by atoms with Crippen LogP contribution in [0.15, 0.2) is 36.4 Å². The topological polar surface area (TPSA) is 71.3 Å². The summed E-state index contributed by atoms with van der Waals surface area (Å²) < 4.78 is 0. The maximum atomic E-state index is 12.9. The van der Waals surface area contributed by atoms with Crippen LogP contribution in [0.25, 0.3) is 11.0 Å². The van der Waals surface area contributed by atoms with Crippen molar-refractivity contribution in [3.63, 3.8) is 0 Å². The molecule has 2 aromatic heterocycles. The predicted molar refractivity (Wildman–Crippen MR) is 104 cm³/mol. The summed E-state index contributed by atoms with van der Waals surface area (Å²) in [5.41, 5.74) is 1.57. The second-order valence-corrected chi connectivity index (χ2v) is 7.98. The van der Waals surface area contributed by atoms with Crippen molar-refractivity contribution in [2.24, 2.45) is 0 Å². The summed E-state index contributed by atoms with van der Waals surface area (Å²) in [4.78, 5) is 31.7. The minimum Gasteiger partial charge on any atom is -0.344 e. The number of thiophene rings is 1. The van der Waals surface area contributed by atoms with E-state index in [1.807, 2.05) is 41.3 Å². The van der Waals surface area contributed by atoms with Crippen LogP contribution in [0.3, 0.4) is 0 Å². The Kier molecular flexibility index (Phi) is 4.65. The highest BCUT2D eigenvalue weighted by Crippen LogP contribution is 2.36. The van der Waals surface area contributed by atoms with E-state index in [-0.39, 0.29) is 24.4 Å². The fraction of sp³-hybridized carbons (Fsp3) is 0.368. The molecule has 0 N–H and O–H groups in total. The minimum atomic E-state index is -0.00504. The highest BCUT2D eigenvalue weighted by atomic mass is 32.1. The van der Waals surface area contributed by atoms with Gasteiger partial charge in [0.1, 0.15) is 17.6 Å². The Balaban J connectivity index is 1.50. The standard InChI is InChI=1S/C19H21N5O2S/c1-22(2)19(26)17-10-9-16(27-17)15-8-5-11-23(15)18(25)12-24-20-13-6-3-4-7-14(13)21-24/h3-4,6-7,9-10,15H,5,8,11-12H2,1-2H3/t15-/m0/s1. The van der Waals surface area contributed by atoms with Crippen LogP contribution in [-0.2, 0) is 11.3 Å². The van der Waals surface area contributed by atoms with Crippen LogP contribution in [0.4, 0.5) is 0 Å². The number of fused-ring (bicyclic) bond motifs is 1. The molecule has 2 amide bonds. The zero-order valence-corrected chi connectivity index (χ0v) is 16.1. The van der Waals surface area contributed by atoms with Gasteiger partial charge in [0.25, 0.3) is 5.91 Å². The third kappa shape index (κ3) is 3.44. The van der Waals surface area contributed by atoms with Crippen LogP contribution in [0.2, 0.25) is 0 Å². The van der Waals surface area contributed by atoms with E-state index in [0.717, 1.165) is 35.3 Å². The summed E-state index contributed by atoms with van der Waals surface area (Å²) in [6, 6.07) is 11.4. The number of rotatable bonds is 4. The highest BCUT2D eigenvalue weighted by molar-refractivity contribution is 7.14. The van der Waals surface area contributed by atoms with Gasteiger partial charge in [0, 0.05) is 25.5 Å². The summed E-state index contributed by atoms with van der Waals surface area (Å²) in [5.74, 6) is 0.00115. The Bertz CT molecular complexity index is 960. The zero-order valence-electron chi connectivity index (χ0n) is 15.3. The van der Waals surface area contributed by atoms with Gasteiger partial charge in [0.05, 0.1) is 10.9 Å². The van der Waals surface area contributed by atoms with Crippen molar-refractivity contribution < 1.29 is 9.59 Å².